The summed E-state index contributed by atoms with van der Waals surface area (Å²) < 4.78 is 17.0. The van der Waals surface area contributed by atoms with Crippen molar-refractivity contribution in [2.45, 2.75) is 59.0 Å². The molecular weight excluding hydrogens is 476 g/mol. The molecule has 0 saturated carbocycles. The highest BCUT2D eigenvalue weighted by Gasteiger charge is 2.19. The molecule has 1 atom stereocenters. The Morgan fingerprint density at radius 3 is 2.54 bits per heavy atom. The number of carbonyl (C=O) groups excluding carboxylic acids is 1. The molecule has 2 aromatic heterocycles. The van der Waals surface area contributed by atoms with Gasteiger partial charge in [-0.05, 0) is 49.4 Å². The monoisotopic (exact) mass is 512 g/mol. The fourth-order valence-corrected chi connectivity index (χ4v) is 4.09. The van der Waals surface area contributed by atoms with Gasteiger partial charge in [-0.2, -0.15) is 4.98 Å². The van der Waals surface area contributed by atoms with Crippen molar-refractivity contribution < 1.29 is 29.0 Å². The number of aryl methyl sites for hydroxylation is 2. The first-order chi connectivity index (χ1) is 17.8. The van der Waals surface area contributed by atoms with E-state index < -0.39 is 18.6 Å². The predicted octanol–water partition coefficient (Wildman–Crippen LogP) is 3.43. The van der Waals surface area contributed by atoms with Gasteiger partial charge in [0, 0.05) is 35.9 Å². The van der Waals surface area contributed by atoms with Crippen molar-refractivity contribution in [3.63, 3.8) is 0 Å². The van der Waals surface area contributed by atoms with Crippen molar-refractivity contribution in [2.24, 2.45) is 0 Å². The molecule has 3 rings (SSSR count). The molecular formula is C27H36N4O6. The average molecular weight is 513 g/mol. The van der Waals surface area contributed by atoms with E-state index in [1.54, 1.807) is 13.2 Å². The Morgan fingerprint density at radius 1 is 1.14 bits per heavy atom. The van der Waals surface area contributed by atoms with E-state index in [1.165, 1.54) is 0 Å². The molecule has 0 saturated heterocycles. The third-order valence-electron chi connectivity index (χ3n) is 6.19. The normalized spacial score (nSPS) is 12.0. The van der Waals surface area contributed by atoms with E-state index in [4.69, 9.17) is 24.1 Å². The van der Waals surface area contributed by atoms with E-state index in [1.807, 2.05) is 32.0 Å². The largest absolute Gasteiger partial charge is 0.497 e. The molecule has 1 aromatic carbocycles. The number of nitrogens with one attached hydrogen (secondary N) is 1. The minimum absolute atomic E-state index is 0.00832. The molecule has 0 radical (unpaired) electrons. The van der Waals surface area contributed by atoms with Crippen LogP contribution < -0.4 is 14.8 Å². The molecule has 0 aliphatic rings. The number of benzene rings is 1. The number of hydrogen-bond acceptors (Lipinski definition) is 9. The van der Waals surface area contributed by atoms with E-state index in [9.17, 15) is 9.90 Å². The molecule has 0 spiro atoms. The van der Waals surface area contributed by atoms with Gasteiger partial charge in [0.1, 0.15) is 36.5 Å². The summed E-state index contributed by atoms with van der Waals surface area (Å²) in [4.78, 5) is 20.6. The fraction of sp³-hybridized carbons (Fsp3) is 0.481. The highest BCUT2D eigenvalue weighted by Crippen LogP contribution is 2.32. The summed E-state index contributed by atoms with van der Waals surface area (Å²) in [6.45, 7) is 7.54. The van der Waals surface area contributed by atoms with Crippen LogP contribution in [0.1, 0.15) is 56.4 Å². The third-order valence-corrected chi connectivity index (χ3v) is 6.19. The van der Waals surface area contributed by atoms with Crippen molar-refractivity contribution in [2.75, 3.05) is 26.9 Å². The van der Waals surface area contributed by atoms with Crippen LogP contribution in [0.4, 0.5) is 0 Å². The zero-order valence-electron chi connectivity index (χ0n) is 22.1. The van der Waals surface area contributed by atoms with Gasteiger partial charge in [0.25, 0.3) is 5.89 Å². The molecule has 0 bridgehead atoms. The molecule has 0 fully saturated rings. The lowest BCUT2D eigenvalue weighted by Gasteiger charge is -2.17. The van der Waals surface area contributed by atoms with Crippen molar-refractivity contribution in [3.8, 4) is 34.5 Å². The first-order valence-corrected chi connectivity index (χ1v) is 12.6. The number of amides is 1. The quantitative estimate of drug-likeness (QED) is 0.314. The average Bonchev–Trinajstić information content (AvgIpc) is 3.41. The van der Waals surface area contributed by atoms with E-state index in [0.29, 0.717) is 41.2 Å². The number of rotatable bonds is 13. The Hall–Kier alpha value is -3.50. The Morgan fingerprint density at radius 2 is 1.89 bits per heavy atom. The molecule has 3 N–H and O–H groups in total. The molecule has 2 heterocycles. The van der Waals surface area contributed by atoms with Crippen LogP contribution in [0.5, 0.6) is 11.5 Å². The Labute approximate surface area is 217 Å². The number of aromatic nitrogens is 3. The smallest absolute Gasteiger partial charge is 0.276 e. The number of aliphatic hydroxyl groups excluding tert-OH is 2. The number of nitrogens with zero attached hydrogens (tertiary/aromatic N) is 3. The predicted molar refractivity (Wildman–Crippen MR) is 139 cm³/mol. The van der Waals surface area contributed by atoms with Gasteiger partial charge in [-0.25, -0.2) is 4.98 Å². The maximum Gasteiger partial charge on any atom is 0.276 e. The molecule has 0 aliphatic carbocycles. The van der Waals surface area contributed by atoms with Crippen LogP contribution in [0.25, 0.3) is 23.0 Å². The maximum absolute atomic E-state index is 11.2. The number of ether oxygens (including phenoxy) is 2. The van der Waals surface area contributed by atoms with E-state index in [-0.39, 0.29) is 13.2 Å². The third kappa shape index (κ3) is 7.05. The van der Waals surface area contributed by atoms with Gasteiger partial charge in [0.15, 0.2) is 0 Å². The molecule has 37 heavy (non-hydrogen) atoms. The van der Waals surface area contributed by atoms with Crippen molar-refractivity contribution in [1.82, 2.24) is 20.4 Å². The number of hydrogen-bond donors (Lipinski definition) is 3. The van der Waals surface area contributed by atoms with Crippen LogP contribution in [0, 0.1) is 6.92 Å². The van der Waals surface area contributed by atoms with Crippen LogP contribution in [0.3, 0.4) is 0 Å². The van der Waals surface area contributed by atoms with Gasteiger partial charge in [0.2, 0.25) is 11.7 Å². The summed E-state index contributed by atoms with van der Waals surface area (Å²) in [6.07, 6.45) is 1.70. The van der Waals surface area contributed by atoms with Crippen LogP contribution >= 0.6 is 0 Å². The molecule has 0 unspecified atom stereocenters. The number of aliphatic hydroxyl groups is 2. The van der Waals surface area contributed by atoms with Crippen molar-refractivity contribution in [1.29, 1.82) is 0 Å². The number of methoxy groups -OCH3 is 1. The molecule has 10 heteroatoms. The maximum atomic E-state index is 11.2. The van der Waals surface area contributed by atoms with E-state index in [0.717, 1.165) is 35.2 Å². The summed E-state index contributed by atoms with van der Waals surface area (Å²) in [5, 5.41) is 25.5. The Bertz CT molecular complexity index is 1190. The summed E-state index contributed by atoms with van der Waals surface area (Å²) in [6, 6.07) is 7.58. The lowest BCUT2D eigenvalue weighted by atomic mass is 9.98. The highest BCUT2D eigenvalue weighted by atomic mass is 16.5. The molecule has 3 aromatic rings. The van der Waals surface area contributed by atoms with E-state index >= 15 is 0 Å². The van der Waals surface area contributed by atoms with Gasteiger partial charge < -0.3 is 29.5 Å². The SMILES string of the molecule is CCc1cc(-c2noc(-c3cc(OC)cc(C(CC)CC)n3)n2)cc(C)c1OC[C@@H](O)CNC(=O)CO. The summed E-state index contributed by atoms with van der Waals surface area (Å²) in [5.74, 6) is 1.85. The topological polar surface area (TPSA) is 140 Å². The van der Waals surface area contributed by atoms with Crippen LogP contribution in [0.2, 0.25) is 0 Å². The Kier molecular flexibility index (Phi) is 9.99. The Balaban J connectivity index is 1.83. The van der Waals surface area contributed by atoms with Gasteiger partial charge in [-0.15, -0.1) is 0 Å². The van der Waals surface area contributed by atoms with Crippen LogP contribution in [-0.4, -0.2) is 64.2 Å². The first-order valence-electron chi connectivity index (χ1n) is 12.6. The van der Waals surface area contributed by atoms with E-state index in [2.05, 4.69) is 29.3 Å². The highest BCUT2D eigenvalue weighted by molar-refractivity contribution is 5.76. The number of carbonyl (C=O) groups is 1. The first kappa shape index (κ1) is 28.1. The van der Waals surface area contributed by atoms with Gasteiger partial charge in [0.05, 0.1) is 7.11 Å². The fourth-order valence-electron chi connectivity index (χ4n) is 4.09. The van der Waals surface area contributed by atoms with Gasteiger partial charge in [-0.1, -0.05) is 25.9 Å². The molecule has 1 amide bonds. The second kappa shape index (κ2) is 13.2. The summed E-state index contributed by atoms with van der Waals surface area (Å²) in [5.41, 5.74) is 4.04. The second-order valence-corrected chi connectivity index (χ2v) is 8.82. The lowest BCUT2D eigenvalue weighted by molar-refractivity contribution is -0.124. The van der Waals surface area contributed by atoms with Crippen molar-refractivity contribution >= 4 is 5.91 Å². The van der Waals surface area contributed by atoms with Crippen LogP contribution in [-0.2, 0) is 11.2 Å². The molecule has 10 nitrogen and oxygen atoms in total. The minimum Gasteiger partial charge on any atom is -0.497 e. The summed E-state index contributed by atoms with van der Waals surface area (Å²) >= 11 is 0. The summed E-state index contributed by atoms with van der Waals surface area (Å²) in [7, 11) is 1.62. The second-order valence-electron chi connectivity index (χ2n) is 8.82. The molecule has 200 valence electrons. The zero-order chi connectivity index (χ0) is 26.9. The minimum atomic E-state index is -0.917. The lowest BCUT2D eigenvalue weighted by Crippen LogP contribution is -2.36. The zero-order valence-corrected chi connectivity index (χ0v) is 22.1. The standard InChI is InChI=1S/C27H36N4O6/c1-6-17(7-2)22-11-21(35-5)12-23(29-22)27-30-26(31-37-27)19-9-16(4)25(18(8-3)10-19)36-15-20(33)13-28-24(34)14-32/h9-12,17,20,32-33H,6-8,13-15H2,1-5H3,(H,28,34)/t20-/m0/s1. The number of pyridine rings is 1. The van der Waals surface area contributed by atoms with Gasteiger partial charge in [-0.3, -0.25) is 4.79 Å². The van der Waals surface area contributed by atoms with Crippen molar-refractivity contribution in [3.05, 3.63) is 41.1 Å². The van der Waals surface area contributed by atoms with Gasteiger partial charge >= 0.3 is 0 Å². The molecule has 0 aliphatic heterocycles. The van der Waals surface area contributed by atoms with Crippen LogP contribution in [0.15, 0.2) is 28.8 Å².